The van der Waals surface area contributed by atoms with Gasteiger partial charge in [-0.3, -0.25) is 9.59 Å². The van der Waals surface area contributed by atoms with E-state index in [1.54, 1.807) is 30.2 Å². The lowest BCUT2D eigenvalue weighted by Crippen LogP contribution is -2.44. The second-order valence-corrected chi connectivity index (χ2v) is 6.52. The second kappa shape index (κ2) is 9.23. The van der Waals surface area contributed by atoms with E-state index in [0.29, 0.717) is 43.4 Å². The molecule has 3 rings (SSSR count). The summed E-state index contributed by atoms with van der Waals surface area (Å²) < 4.78 is 10.8. The molecule has 1 aliphatic heterocycles. The predicted molar refractivity (Wildman–Crippen MR) is 108 cm³/mol. The SMILES string of the molecule is COc1ccc(NC(C)=O)cc1N[C@@H](C(=O)N1CCOCC1)c1ccccc1. The van der Waals surface area contributed by atoms with Gasteiger partial charge in [-0.05, 0) is 23.8 Å². The maximum atomic E-state index is 13.3. The molecule has 1 aliphatic rings. The first-order valence-corrected chi connectivity index (χ1v) is 9.22. The third kappa shape index (κ3) is 4.80. The number of hydrogen-bond donors (Lipinski definition) is 2. The van der Waals surface area contributed by atoms with E-state index in [1.807, 2.05) is 30.3 Å². The van der Waals surface area contributed by atoms with Crippen molar-refractivity contribution < 1.29 is 19.1 Å². The van der Waals surface area contributed by atoms with Crippen molar-refractivity contribution in [3.63, 3.8) is 0 Å². The Bertz CT molecular complexity index is 820. The van der Waals surface area contributed by atoms with Crippen molar-refractivity contribution in [2.24, 2.45) is 0 Å². The van der Waals surface area contributed by atoms with Crippen LogP contribution in [0.4, 0.5) is 11.4 Å². The molecular weight excluding hydrogens is 358 g/mol. The van der Waals surface area contributed by atoms with E-state index < -0.39 is 6.04 Å². The van der Waals surface area contributed by atoms with Crippen molar-refractivity contribution in [3.8, 4) is 5.75 Å². The van der Waals surface area contributed by atoms with Gasteiger partial charge in [0, 0.05) is 25.7 Å². The summed E-state index contributed by atoms with van der Waals surface area (Å²) in [5, 5.41) is 6.07. The lowest BCUT2D eigenvalue weighted by Gasteiger charge is -2.31. The van der Waals surface area contributed by atoms with Gasteiger partial charge in [0.1, 0.15) is 11.8 Å². The molecule has 28 heavy (non-hydrogen) atoms. The minimum atomic E-state index is -0.583. The normalized spacial score (nSPS) is 14.9. The smallest absolute Gasteiger partial charge is 0.249 e. The molecule has 2 aromatic carbocycles. The number of morpholine rings is 1. The van der Waals surface area contributed by atoms with Crippen LogP contribution >= 0.6 is 0 Å². The quantitative estimate of drug-likeness (QED) is 0.802. The summed E-state index contributed by atoms with van der Waals surface area (Å²) in [7, 11) is 1.57. The van der Waals surface area contributed by atoms with Gasteiger partial charge < -0.3 is 25.0 Å². The Morgan fingerprint density at radius 1 is 1.11 bits per heavy atom. The summed E-state index contributed by atoms with van der Waals surface area (Å²) in [5.41, 5.74) is 2.11. The summed E-state index contributed by atoms with van der Waals surface area (Å²) >= 11 is 0. The molecule has 2 amide bonds. The van der Waals surface area contributed by atoms with Gasteiger partial charge in [-0.2, -0.15) is 0 Å². The first-order valence-electron chi connectivity index (χ1n) is 9.22. The van der Waals surface area contributed by atoms with Crippen molar-refractivity contribution in [1.29, 1.82) is 0 Å². The van der Waals surface area contributed by atoms with Crippen LogP contribution in [-0.4, -0.2) is 50.1 Å². The number of nitrogens with one attached hydrogen (secondary N) is 2. The number of hydrogen-bond acceptors (Lipinski definition) is 5. The molecular formula is C21H25N3O4. The summed E-state index contributed by atoms with van der Waals surface area (Å²) in [4.78, 5) is 26.5. The molecule has 0 bridgehead atoms. The summed E-state index contributed by atoms with van der Waals surface area (Å²) in [6.45, 7) is 3.65. The number of anilines is 2. The minimum absolute atomic E-state index is 0.0264. The highest BCUT2D eigenvalue weighted by Gasteiger charge is 2.28. The highest BCUT2D eigenvalue weighted by molar-refractivity contribution is 5.90. The number of benzene rings is 2. The van der Waals surface area contributed by atoms with E-state index in [9.17, 15) is 9.59 Å². The van der Waals surface area contributed by atoms with E-state index in [1.165, 1.54) is 6.92 Å². The van der Waals surface area contributed by atoms with Crippen LogP contribution in [-0.2, 0) is 14.3 Å². The minimum Gasteiger partial charge on any atom is -0.495 e. The van der Waals surface area contributed by atoms with Crippen LogP contribution in [0.3, 0.4) is 0 Å². The molecule has 1 saturated heterocycles. The number of carbonyl (C=O) groups is 2. The van der Waals surface area contributed by atoms with Crippen LogP contribution in [0, 0.1) is 0 Å². The van der Waals surface area contributed by atoms with Gasteiger partial charge in [-0.15, -0.1) is 0 Å². The molecule has 0 spiro atoms. The van der Waals surface area contributed by atoms with E-state index >= 15 is 0 Å². The lowest BCUT2D eigenvalue weighted by atomic mass is 10.0. The van der Waals surface area contributed by atoms with Gasteiger partial charge in [-0.25, -0.2) is 0 Å². The van der Waals surface area contributed by atoms with Crippen LogP contribution in [0.1, 0.15) is 18.5 Å². The zero-order chi connectivity index (χ0) is 19.9. The zero-order valence-corrected chi connectivity index (χ0v) is 16.1. The molecule has 1 heterocycles. The van der Waals surface area contributed by atoms with E-state index in [2.05, 4.69) is 10.6 Å². The average Bonchev–Trinajstić information content (AvgIpc) is 2.72. The molecule has 0 unspecified atom stereocenters. The van der Waals surface area contributed by atoms with Gasteiger partial charge >= 0.3 is 0 Å². The second-order valence-electron chi connectivity index (χ2n) is 6.52. The highest BCUT2D eigenvalue weighted by Crippen LogP contribution is 2.32. The lowest BCUT2D eigenvalue weighted by molar-refractivity contribution is -0.136. The van der Waals surface area contributed by atoms with Gasteiger partial charge in [0.2, 0.25) is 11.8 Å². The molecule has 2 aromatic rings. The number of nitrogens with zero attached hydrogens (tertiary/aromatic N) is 1. The first kappa shape index (κ1) is 19.7. The third-order valence-corrected chi connectivity index (χ3v) is 4.52. The fraction of sp³-hybridized carbons (Fsp3) is 0.333. The van der Waals surface area contributed by atoms with Crippen molar-refractivity contribution in [1.82, 2.24) is 4.90 Å². The number of amides is 2. The number of ether oxygens (including phenoxy) is 2. The molecule has 0 aromatic heterocycles. The predicted octanol–water partition coefficient (Wildman–Crippen LogP) is 2.67. The Hall–Kier alpha value is -3.06. The molecule has 7 nitrogen and oxygen atoms in total. The monoisotopic (exact) mass is 383 g/mol. The number of rotatable bonds is 6. The van der Waals surface area contributed by atoms with Gasteiger partial charge in [0.25, 0.3) is 0 Å². The maximum Gasteiger partial charge on any atom is 0.249 e. The van der Waals surface area contributed by atoms with Crippen molar-refractivity contribution >= 4 is 23.2 Å². The topological polar surface area (TPSA) is 79.9 Å². The fourth-order valence-electron chi connectivity index (χ4n) is 3.16. The van der Waals surface area contributed by atoms with Crippen molar-refractivity contribution in [3.05, 3.63) is 54.1 Å². The van der Waals surface area contributed by atoms with Crippen molar-refractivity contribution in [2.45, 2.75) is 13.0 Å². The van der Waals surface area contributed by atoms with E-state index in [4.69, 9.17) is 9.47 Å². The number of methoxy groups -OCH3 is 1. The molecule has 0 saturated carbocycles. The largest absolute Gasteiger partial charge is 0.495 e. The summed E-state index contributed by atoms with van der Waals surface area (Å²) in [5.74, 6) is 0.395. The van der Waals surface area contributed by atoms with Crippen LogP contribution in [0.2, 0.25) is 0 Å². The molecule has 0 radical (unpaired) electrons. The molecule has 0 aliphatic carbocycles. The fourth-order valence-corrected chi connectivity index (χ4v) is 3.16. The zero-order valence-electron chi connectivity index (χ0n) is 16.1. The van der Waals surface area contributed by atoms with E-state index in [0.717, 1.165) is 5.56 Å². The third-order valence-electron chi connectivity index (χ3n) is 4.52. The van der Waals surface area contributed by atoms with Gasteiger partial charge in [-0.1, -0.05) is 30.3 Å². The summed E-state index contributed by atoms with van der Waals surface area (Å²) in [6, 6.07) is 14.3. The summed E-state index contributed by atoms with van der Waals surface area (Å²) in [6.07, 6.45) is 0. The van der Waals surface area contributed by atoms with Crippen LogP contribution in [0.25, 0.3) is 0 Å². The molecule has 1 atom stereocenters. The number of carbonyl (C=O) groups excluding carboxylic acids is 2. The van der Waals surface area contributed by atoms with Gasteiger partial charge in [0.15, 0.2) is 0 Å². The first-order chi connectivity index (χ1) is 13.6. The Balaban J connectivity index is 1.92. The molecule has 1 fully saturated rings. The van der Waals surface area contributed by atoms with Gasteiger partial charge in [0.05, 0.1) is 26.0 Å². The average molecular weight is 383 g/mol. The Morgan fingerprint density at radius 2 is 1.82 bits per heavy atom. The van der Waals surface area contributed by atoms with Crippen molar-refractivity contribution in [2.75, 3.05) is 44.0 Å². The standard InChI is InChI=1S/C21H25N3O4/c1-15(25)22-17-8-9-19(27-2)18(14-17)23-20(16-6-4-3-5-7-16)21(26)24-10-12-28-13-11-24/h3-9,14,20,23H,10-13H2,1-2H3,(H,22,25)/t20-/m1/s1. The highest BCUT2D eigenvalue weighted by atomic mass is 16.5. The Morgan fingerprint density at radius 3 is 2.46 bits per heavy atom. The van der Waals surface area contributed by atoms with Crippen LogP contribution in [0.15, 0.2) is 48.5 Å². The van der Waals surface area contributed by atoms with E-state index in [-0.39, 0.29) is 11.8 Å². The maximum absolute atomic E-state index is 13.3. The molecule has 7 heteroatoms. The Kier molecular flexibility index (Phi) is 6.49. The van der Waals surface area contributed by atoms with Crippen LogP contribution in [0.5, 0.6) is 5.75 Å². The Labute approximate surface area is 164 Å². The van der Waals surface area contributed by atoms with Crippen LogP contribution < -0.4 is 15.4 Å². The molecule has 2 N–H and O–H groups in total. The molecule has 148 valence electrons.